The Morgan fingerprint density at radius 2 is 1.70 bits per heavy atom. The van der Waals surface area contributed by atoms with Crippen molar-refractivity contribution in [2.75, 3.05) is 10.8 Å². The highest BCUT2D eigenvalue weighted by atomic mass is 32.2. The molecule has 0 aliphatic carbocycles. The molecule has 0 unspecified atom stereocenters. The molecular weight excluding hydrogens is 472 g/mol. The predicted molar refractivity (Wildman–Crippen MR) is 108 cm³/mol. The topological polar surface area (TPSA) is 46.6 Å². The van der Waals surface area contributed by atoms with E-state index in [2.05, 4.69) is 4.74 Å². The van der Waals surface area contributed by atoms with Crippen molar-refractivity contribution >= 4 is 15.7 Å². The minimum Gasteiger partial charge on any atom is -0.435 e. The minimum absolute atomic E-state index is 0.000258. The molecule has 0 radical (unpaired) electrons. The van der Waals surface area contributed by atoms with Crippen LogP contribution in [0.3, 0.4) is 0 Å². The number of ether oxygens (including phenoxy) is 1. The standard InChI is InChI=1S/C22H15F6NO3S/c23-17-8-15(9-18(12-17)32-21(24)25)14-5-4-13-6-7-29(20(13)10-14)33(30,31)19-3-1-2-16(11-19)22(26,27)28/h1-5,8-12,21H,6-7H2. The summed E-state index contributed by atoms with van der Waals surface area (Å²) in [4.78, 5) is -0.519. The molecule has 1 aliphatic rings. The summed E-state index contributed by atoms with van der Waals surface area (Å²) in [6.07, 6.45) is -4.40. The van der Waals surface area contributed by atoms with Crippen LogP contribution in [-0.2, 0) is 22.6 Å². The van der Waals surface area contributed by atoms with Gasteiger partial charge in [-0.25, -0.2) is 12.8 Å². The Morgan fingerprint density at radius 3 is 2.39 bits per heavy atom. The summed E-state index contributed by atoms with van der Waals surface area (Å²) in [5.74, 6) is -1.24. The molecule has 0 saturated heterocycles. The van der Waals surface area contributed by atoms with E-state index in [9.17, 15) is 34.8 Å². The largest absolute Gasteiger partial charge is 0.435 e. The lowest BCUT2D eigenvalue weighted by Crippen LogP contribution is -2.29. The molecule has 0 N–H and O–H groups in total. The van der Waals surface area contributed by atoms with E-state index in [1.165, 1.54) is 12.1 Å². The van der Waals surface area contributed by atoms with Crippen molar-refractivity contribution < 1.29 is 39.5 Å². The molecule has 3 aromatic carbocycles. The fourth-order valence-corrected chi connectivity index (χ4v) is 5.18. The lowest BCUT2D eigenvalue weighted by molar-refractivity contribution is -0.137. The van der Waals surface area contributed by atoms with Crippen LogP contribution in [0.25, 0.3) is 11.1 Å². The second-order valence-electron chi connectivity index (χ2n) is 7.25. The van der Waals surface area contributed by atoms with Crippen LogP contribution in [0.2, 0.25) is 0 Å². The third-order valence-electron chi connectivity index (χ3n) is 5.12. The Hall–Kier alpha value is -3.21. The van der Waals surface area contributed by atoms with Crippen molar-refractivity contribution in [2.24, 2.45) is 0 Å². The quantitative estimate of drug-likeness (QED) is 0.424. The molecule has 0 fully saturated rings. The van der Waals surface area contributed by atoms with E-state index in [4.69, 9.17) is 0 Å². The van der Waals surface area contributed by atoms with Crippen LogP contribution in [0.5, 0.6) is 5.75 Å². The maximum atomic E-state index is 13.9. The van der Waals surface area contributed by atoms with Gasteiger partial charge in [-0.1, -0.05) is 18.2 Å². The van der Waals surface area contributed by atoms with E-state index >= 15 is 0 Å². The van der Waals surface area contributed by atoms with Gasteiger partial charge in [0.15, 0.2) is 0 Å². The molecule has 0 bridgehead atoms. The van der Waals surface area contributed by atoms with Crippen molar-refractivity contribution in [1.29, 1.82) is 0 Å². The van der Waals surface area contributed by atoms with E-state index in [0.717, 1.165) is 34.6 Å². The second-order valence-corrected chi connectivity index (χ2v) is 9.11. The highest BCUT2D eigenvalue weighted by Crippen LogP contribution is 2.38. The number of hydrogen-bond donors (Lipinski definition) is 0. The Balaban J connectivity index is 1.74. The first-order valence-electron chi connectivity index (χ1n) is 9.54. The fourth-order valence-electron chi connectivity index (χ4n) is 3.64. The van der Waals surface area contributed by atoms with Crippen molar-refractivity contribution in [3.8, 4) is 16.9 Å². The van der Waals surface area contributed by atoms with E-state index in [1.807, 2.05) is 0 Å². The van der Waals surface area contributed by atoms with Crippen molar-refractivity contribution in [1.82, 2.24) is 0 Å². The van der Waals surface area contributed by atoms with Crippen molar-refractivity contribution in [3.63, 3.8) is 0 Å². The fraction of sp³-hybridized carbons (Fsp3) is 0.182. The molecule has 174 valence electrons. The van der Waals surface area contributed by atoms with Gasteiger partial charge in [0.1, 0.15) is 11.6 Å². The van der Waals surface area contributed by atoms with E-state index in [-0.39, 0.29) is 17.8 Å². The molecule has 0 aromatic heterocycles. The van der Waals surface area contributed by atoms with Gasteiger partial charge in [0, 0.05) is 12.6 Å². The van der Waals surface area contributed by atoms with Crippen molar-refractivity contribution in [2.45, 2.75) is 24.1 Å². The number of fused-ring (bicyclic) bond motifs is 1. The van der Waals surface area contributed by atoms with Gasteiger partial charge in [-0.2, -0.15) is 22.0 Å². The summed E-state index contributed by atoms with van der Waals surface area (Å²) in [6, 6.07) is 11.1. The summed E-state index contributed by atoms with van der Waals surface area (Å²) in [5.41, 5.74) is 0.221. The van der Waals surface area contributed by atoms with E-state index in [1.54, 1.807) is 12.1 Å². The van der Waals surface area contributed by atoms with E-state index in [0.29, 0.717) is 23.6 Å². The van der Waals surface area contributed by atoms with Crippen LogP contribution < -0.4 is 9.04 Å². The predicted octanol–water partition coefficient (Wildman–Crippen LogP) is 5.86. The van der Waals surface area contributed by atoms with Gasteiger partial charge in [-0.15, -0.1) is 0 Å². The summed E-state index contributed by atoms with van der Waals surface area (Å²) in [7, 11) is -4.33. The summed E-state index contributed by atoms with van der Waals surface area (Å²) in [6.45, 7) is -3.16. The molecule has 11 heteroatoms. The van der Waals surface area contributed by atoms with Gasteiger partial charge in [0.05, 0.1) is 16.1 Å². The molecule has 3 aromatic rings. The van der Waals surface area contributed by atoms with Gasteiger partial charge in [0.25, 0.3) is 10.0 Å². The number of alkyl halides is 5. The van der Waals surface area contributed by atoms with Crippen LogP contribution >= 0.6 is 0 Å². The summed E-state index contributed by atoms with van der Waals surface area (Å²) < 4.78 is 110. The summed E-state index contributed by atoms with van der Waals surface area (Å²) in [5, 5.41) is 0. The highest BCUT2D eigenvalue weighted by molar-refractivity contribution is 7.92. The second kappa shape index (κ2) is 8.29. The minimum atomic E-state index is -4.71. The first-order chi connectivity index (χ1) is 15.4. The van der Waals surface area contributed by atoms with Crippen LogP contribution in [-0.4, -0.2) is 21.6 Å². The SMILES string of the molecule is O=S(=O)(c1cccc(C(F)(F)F)c1)N1CCc2ccc(-c3cc(F)cc(OC(F)F)c3)cc21. The Labute approximate surface area is 185 Å². The molecule has 4 rings (SSSR count). The average Bonchev–Trinajstić information content (AvgIpc) is 3.16. The van der Waals surface area contributed by atoms with Crippen LogP contribution in [0, 0.1) is 5.82 Å². The van der Waals surface area contributed by atoms with Gasteiger partial charge in [0.2, 0.25) is 0 Å². The first kappa shape index (κ1) is 23.0. The zero-order valence-electron chi connectivity index (χ0n) is 16.6. The lowest BCUT2D eigenvalue weighted by atomic mass is 10.0. The average molecular weight is 487 g/mol. The molecular formula is C22H15F6NO3S. The highest BCUT2D eigenvalue weighted by Gasteiger charge is 2.35. The molecule has 1 aliphatic heterocycles. The monoisotopic (exact) mass is 487 g/mol. The summed E-state index contributed by atoms with van der Waals surface area (Å²) >= 11 is 0. The van der Waals surface area contributed by atoms with Gasteiger partial charge < -0.3 is 4.74 Å². The van der Waals surface area contributed by atoms with Gasteiger partial charge in [-0.05, 0) is 59.5 Å². The number of benzene rings is 3. The Kier molecular flexibility index (Phi) is 5.77. The zero-order chi connectivity index (χ0) is 24.0. The zero-order valence-corrected chi connectivity index (χ0v) is 17.4. The lowest BCUT2D eigenvalue weighted by Gasteiger charge is -2.21. The van der Waals surface area contributed by atoms with Crippen molar-refractivity contribution in [3.05, 3.63) is 77.6 Å². The number of halogens is 6. The number of rotatable bonds is 5. The number of hydrogen-bond acceptors (Lipinski definition) is 3. The molecule has 0 amide bonds. The van der Waals surface area contributed by atoms with Crippen LogP contribution in [0.4, 0.5) is 32.0 Å². The third kappa shape index (κ3) is 4.63. The van der Waals surface area contributed by atoms with Crippen LogP contribution in [0.15, 0.2) is 65.6 Å². The molecule has 4 nitrogen and oxygen atoms in total. The molecule has 0 spiro atoms. The third-order valence-corrected chi connectivity index (χ3v) is 6.93. The smallest absolute Gasteiger partial charge is 0.416 e. The van der Waals surface area contributed by atoms with E-state index < -0.39 is 44.8 Å². The Morgan fingerprint density at radius 1 is 0.939 bits per heavy atom. The maximum absolute atomic E-state index is 13.9. The molecule has 0 atom stereocenters. The maximum Gasteiger partial charge on any atom is 0.416 e. The Bertz CT molecular complexity index is 1310. The molecule has 33 heavy (non-hydrogen) atoms. The van der Waals surface area contributed by atoms with Gasteiger partial charge >= 0.3 is 12.8 Å². The van der Waals surface area contributed by atoms with Crippen LogP contribution in [0.1, 0.15) is 11.1 Å². The normalized spacial score (nSPS) is 14.0. The number of anilines is 1. The first-order valence-corrected chi connectivity index (χ1v) is 11.0. The number of nitrogens with zero attached hydrogens (tertiary/aromatic N) is 1. The van der Waals surface area contributed by atoms with Gasteiger partial charge in [-0.3, -0.25) is 4.31 Å². The molecule has 1 heterocycles. The number of sulfonamides is 1. The molecule has 0 saturated carbocycles.